The first-order valence-corrected chi connectivity index (χ1v) is 17.9. The normalized spacial score (nSPS) is 27.8. The maximum Gasteiger partial charge on any atom is 0 e. The zero-order chi connectivity index (χ0) is 20.5. The van der Waals surface area contributed by atoms with Gasteiger partial charge in [-0.15, -0.1) is 0 Å². The van der Waals surface area contributed by atoms with Crippen molar-refractivity contribution in [3.8, 4) is 0 Å². The van der Waals surface area contributed by atoms with Crippen LogP contribution >= 0.6 is 27.3 Å². The van der Waals surface area contributed by atoms with Gasteiger partial charge in [0.1, 0.15) is 0 Å². The van der Waals surface area contributed by atoms with E-state index in [0.29, 0.717) is 5.91 Å². The third-order valence-corrected chi connectivity index (χ3v) is 11.4. The first-order chi connectivity index (χ1) is 14.2. The Kier molecular flexibility index (Phi) is 14.2. The molecule has 1 saturated heterocycles. The van der Waals surface area contributed by atoms with Gasteiger partial charge in [-0.3, -0.25) is 4.79 Å². The van der Waals surface area contributed by atoms with Crippen LogP contribution in [0.25, 0.3) is 0 Å². The molecule has 0 aromatic carbocycles. The first-order valence-electron chi connectivity index (χ1n) is 11.9. The predicted octanol–water partition coefficient (Wildman–Crippen LogP) is 7.96. The fourth-order valence-electron chi connectivity index (χ4n) is 6.08. The molecule has 1 unspecified atom stereocenters. The molecule has 7 heteroatoms. The summed E-state index contributed by atoms with van der Waals surface area (Å²) in [6.07, 6.45) is 24.6. The largest absolute Gasteiger partial charge is 0 e. The van der Waals surface area contributed by atoms with E-state index in [1.54, 1.807) is 5.57 Å². The number of allylic oxidation sites excluding steroid dienone is 1. The van der Waals surface area contributed by atoms with Crippen molar-refractivity contribution in [2.24, 2.45) is 0 Å². The van der Waals surface area contributed by atoms with Crippen LogP contribution in [0.4, 0.5) is 0 Å². The molecule has 1 amide bonds. The van der Waals surface area contributed by atoms with Crippen LogP contribution in [0.3, 0.4) is 0 Å². The molecule has 1 atom stereocenters. The molecule has 4 aliphatic rings. The van der Waals surface area contributed by atoms with E-state index in [1.165, 1.54) is 89.9 Å². The van der Waals surface area contributed by atoms with Crippen molar-refractivity contribution in [2.75, 3.05) is 6.54 Å². The molecule has 30 heavy (non-hydrogen) atoms. The van der Waals surface area contributed by atoms with Crippen molar-refractivity contribution in [1.82, 2.24) is 4.90 Å². The molecule has 0 bridgehead atoms. The molecule has 0 N–H and O–H groups in total. The zero-order valence-corrected chi connectivity index (χ0v) is 24.0. The van der Waals surface area contributed by atoms with Crippen LogP contribution in [0.2, 0.25) is 0 Å². The number of likely N-dealkylation sites (tertiary alicyclic amines) is 1. The average Bonchev–Trinajstić information content (AvgIpc) is 3.16. The van der Waals surface area contributed by atoms with Crippen molar-refractivity contribution in [2.45, 2.75) is 120 Å². The summed E-state index contributed by atoms with van der Waals surface area (Å²) in [4.78, 5) is 14.3. The van der Waals surface area contributed by atoms with Crippen LogP contribution in [0, 0.1) is 0 Å². The topological polar surface area (TPSA) is 20.3 Å². The van der Waals surface area contributed by atoms with Gasteiger partial charge < -0.3 is 4.90 Å². The van der Waals surface area contributed by atoms with Gasteiger partial charge in [0.15, 0.2) is 0 Å². The number of hydrogen-bond acceptors (Lipinski definition) is 1. The number of carbonyl (C=O) groups is 1. The first kappa shape index (κ1) is 27.7. The van der Waals surface area contributed by atoms with E-state index in [-0.39, 0.29) is 42.5 Å². The van der Waals surface area contributed by atoms with Crippen molar-refractivity contribution in [1.29, 1.82) is 0 Å². The van der Waals surface area contributed by atoms with E-state index in [2.05, 4.69) is 11.1 Å². The Hall–Kier alpha value is 1.47. The number of hydrogen-bond donors (Lipinski definition) is 0. The van der Waals surface area contributed by atoms with Crippen LogP contribution in [0.15, 0.2) is 11.8 Å². The fraction of sp³-hybridized carbons (Fsp3) is 0.870. The van der Waals surface area contributed by atoms with Crippen molar-refractivity contribution < 1.29 is 39.4 Å². The minimum Gasteiger partial charge on any atom is 0 e. The van der Waals surface area contributed by atoms with Crippen LogP contribution in [0.5, 0.6) is 0 Å². The number of rotatable bonds is 4. The van der Waals surface area contributed by atoms with Gasteiger partial charge >= 0.3 is 34.5 Å². The summed E-state index contributed by atoms with van der Waals surface area (Å²) in [5.41, 5.74) is 4.59. The third kappa shape index (κ3) is 8.05. The van der Waals surface area contributed by atoms with Crippen molar-refractivity contribution in [3.05, 3.63) is 11.8 Å². The Bertz CT molecular complexity index is 521. The monoisotopic (exact) mass is 649 g/mol. The van der Waals surface area contributed by atoms with Crippen LogP contribution in [-0.2, 0) is 39.4 Å². The molecule has 3 aliphatic carbocycles. The maximum atomic E-state index is 12.2. The van der Waals surface area contributed by atoms with Crippen LogP contribution in [0.1, 0.15) is 103 Å². The number of nitrogens with zero attached hydrogens (tertiary/aromatic N) is 1. The Morgan fingerprint density at radius 3 is 1.83 bits per heavy atom. The Morgan fingerprint density at radius 1 is 0.800 bits per heavy atom. The van der Waals surface area contributed by atoms with Gasteiger partial charge in [-0.2, -0.15) is 0 Å². The van der Waals surface area contributed by atoms with Gasteiger partial charge in [-0.1, -0.05) is 52.9 Å². The second-order valence-corrected chi connectivity index (χ2v) is 14.9. The van der Waals surface area contributed by atoms with Gasteiger partial charge in [0.05, 0.1) is 0 Å². The van der Waals surface area contributed by atoms with Gasteiger partial charge in [0.25, 0.3) is 0 Å². The molecule has 176 valence electrons. The SMILES string of the molecule is O=C1CCCN1C=C1CCCCC1P(C1CCCCC1)C1CCCCC1.[Cl][Ru][Cl].[Ru]. The Morgan fingerprint density at radius 2 is 1.33 bits per heavy atom. The zero-order valence-electron chi connectivity index (χ0n) is 18.1. The second kappa shape index (κ2) is 15.4. The quantitative estimate of drug-likeness (QED) is 0.224. The molecule has 2 nitrogen and oxygen atoms in total. The standard InChI is InChI=1S/C23H38NOP.2ClH.2Ru/c25-23-16-9-17-24(23)18-19-10-7-8-15-22(19)26(20-11-3-1-4-12-20)21-13-5-2-6-14-21;;;;/h18,20-22H,1-17H2;2*1H;;/q;;;;+2/p-2. The van der Waals surface area contributed by atoms with E-state index >= 15 is 0 Å². The Balaban J connectivity index is 0.000000757. The molecular weight excluding hydrogens is 610 g/mol. The van der Waals surface area contributed by atoms with E-state index < -0.39 is 0 Å². The van der Waals surface area contributed by atoms with E-state index in [4.69, 9.17) is 19.4 Å². The second-order valence-electron chi connectivity index (χ2n) is 9.24. The van der Waals surface area contributed by atoms with E-state index in [0.717, 1.165) is 36.4 Å². The summed E-state index contributed by atoms with van der Waals surface area (Å²) in [5, 5.41) is 0. The summed E-state index contributed by atoms with van der Waals surface area (Å²) in [6, 6.07) is 0. The number of amides is 1. The molecule has 0 spiro atoms. The number of carbonyl (C=O) groups excluding carboxylic acids is 1. The van der Waals surface area contributed by atoms with Gasteiger partial charge in [0, 0.05) is 44.3 Å². The third-order valence-electron chi connectivity index (χ3n) is 7.41. The molecule has 0 radical (unpaired) electrons. The van der Waals surface area contributed by atoms with Crippen molar-refractivity contribution >= 4 is 33.2 Å². The van der Waals surface area contributed by atoms with Gasteiger partial charge in [-0.25, -0.2) is 0 Å². The summed E-state index contributed by atoms with van der Waals surface area (Å²) in [6.45, 7) is 0.972. The maximum absolute atomic E-state index is 12.2. The predicted molar refractivity (Wildman–Crippen MR) is 124 cm³/mol. The molecular formula is C23H38Cl2NOPRu2. The summed E-state index contributed by atoms with van der Waals surface area (Å²) in [5.74, 6) is 0.376. The molecule has 1 aliphatic heterocycles. The molecule has 0 aromatic heterocycles. The van der Waals surface area contributed by atoms with E-state index in [9.17, 15) is 4.79 Å². The smallest absolute Gasteiger partial charge is 0 e. The summed E-state index contributed by atoms with van der Waals surface area (Å²) < 4.78 is 0. The molecule has 3 saturated carbocycles. The Labute approximate surface area is 214 Å². The number of halogens is 2. The fourth-order valence-corrected chi connectivity index (χ4v) is 10.7. The molecule has 4 rings (SSSR count). The minimum atomic E-state index is -0.346. The van der Waals surface area contributed by atoms with Crippen LogP contribution < -0.4 is 0 Å². The molecule has 4 fully saturated rings. The summed E-state index contributed by atoms with van der Waals surface area (Å²) >= 11 is -0.346. The van der Waals surface area contributed by atoms with E-state index in [1.807, 2.05) is 0 Å². The molecule has 0 aromatic rings. The van der Waals surface area contributed by atoms with Crippen molar-refractivity contribution in [3.63, 3.8) is 0 Å². The van der Waals surface area contributed by atoms with Crippen LogP contribution in [-0.4, -0.2) is 34.3 Å². The summed E-state index contributed by atoms with van der Waals surface area (Å²) in [7, 11) is 9.81. The average molecular weight is 649 g/mol. The van der Waals surface area contributed by atoms with Gasteiger partial charge in [-0.05, 0) is 68.3 Å². The minimum absolute atomic E-state index is 0. The molecule has 1 heterocycles. The van der Waals surface area contributed by atoms with Gasteiger partial charge in [0.2, 0.25) is 5.91 Å².